The number of rotatable bonds is 5. The number of aromatic nitrogens is 2. The van der Waals surface area contributed by atoms with Crippen molar-refractivity contribution in [1.82, 2.24) is 14.5 Å². The molecule has 2 fully saturated rings. The van der Waals surface area contributed by atoms with Crippen LogP contribution >= 0.6 is 0 Å². The summed E-state index contributed by atoms with van der Waals surface area (Å²) in [4.78, 5) is 6.85. The molecule has 0 amide bonds. The molecule has 1 saturated heterocycles. The molecule has 4 heteroatoms. The number of piperidine rings is 1. The molecule has 2 aliphatic rings. The smallest absolute Gasteiger partial charge is 0.203 e. The highest BCUT2D eigenvalue weighted by molar-refractivity contribution is 5.27. The van der Waals surface area contributed by atoms with Gasteiger partial charge in [-0.15, -0.1) is 0 Å². The Labute approximate surface area is 109 Å². The minimum Gasteiger partial charge on any atom is -0.356 e. The largest absolute Gasteiger partial charge is 0.356 e. The van der Waals surface area contributed by atoms with Crippen LogP contribution in [0.5, 0.6) is 0 Å². The van der Waals surface area contributed by atoms with Gasteiger partial charge in [-0.3, -0.25) is 0 Å². The van der Waals surface area contributed by atoms with E-state index in [1.807, 2.05) is 6.20 Å². The SMILES string of the molecule is CN1CCC(CCNc2nccn2C2CC2)CC1. The predicted octanol–water partition coefficient (Wildman–Crippen LogP) is 2.36. The van der Waals surface area contributed by atoms with Crippen LogP contribution in [0.15, 0.2) is 12.4 Å². The van der Waals surface area contributed by atoms with E-state index in [2.05, 4.69) is 33.0 Å². The number of nitrogens with zero attached hydrogens (tertiary/aromatic N) is 3. The molecule has 1 aromatic heterocycles. The molecule has 18 heavy (non-hydrogen) atoms. The molecule has 1 aromatic rings. The van der Waals surface area contributed by atoms with Crippen molar-refractivity contribution >= 4 is 5.95 Å². The Morgan fingerprint density at radius 2 is 2.06 bits per heavy atom. The highest BCUT2D eigenvalue weighted by atomic mass is 15.2. The first-order valence-electron chi connectivity index (χ1n) is 7.28. The summed E-state index contributed by atoms with van der Waals surface area (Å²) in [5.74, 6) is 1.98. The summed E-state index contributed by atoms with van der Waals surface area (Å²) in [6, 6.07) is 0.721. The highest BCUT2D eigenvalue weighted by Gasteiger charge is 2.25. The van der Waals surface area contributed by atoms with Gasteiger partial charge in [0.25, 0.3) is 0 Å². The molecule has 1 aliphatic carbocycles. The fraction of sp³-hybridized carbons (Fsp3) is 0.786. The number of anilines is 1. The Balaban J connectivity index is 1.42. The summed E-state index contributed by atoms with van der Waals surface area (Å²) in [6.45, 7) is 3.60. The van der Waals surface area contributed by atoms with Crippen LogP contribution in [0, 0.1) is 5.92 Å². The van der Waals surface area contributed by atoms with Gasteiger partial charge in [0.05, 0.1) is 0 Å². The van der Waals surface area contributed by atoms with Crippen molar-refractivity contribution in [3.05, 3.63) is 12.4 Å². The Hall–Kier alpha value is -1.03. The van der Waals surface area contributed by atoms with Crippen LogP contribution < -0.4 is 5.32 Å². The van der Waals surface area contributed by atoms with E-state index in [9.17, 15) is 0 Å². The molecule has 3 rings (SSSR count). The second kappa shape index (κ2) is 5.31. The van der Waals surface area contributed by atoms with Crippen molar-refractivity contribution in [2.24, 2.45) is 5.92 Å². The van der Waals surface area contributed by atoms with E-state index in [0.29, 0.717) is 0 Å². The van der Waals surface area contributed by atoms with Gasteiger partial charge in [-0.05, 0) is 58.2 Å². The van der Waals surface area contributed by atoms with Crippen molar-refractivity contribution in [2.45, 2.75) is 38.1 Å². The van der Waals surface area contributed by atoms with Gasteiger partial charge in [0.15, 0.2) is 0 Å². The molecule has 0 atom stereocenters. The molecule has 100 valence electrons. The first-order valence-corrected chi connectivity index (χ1v) is 7.28. The molecule has 0 aromatic carbocycles. The Morgan fingerprint density at radius 3 is 2.78 bits per heavy atom. The van der Waals surface area contributed by atoms with Crippen LogP contribution in [0.25, 0.3) is 0 Å². The fourth-order valence-corrected chi connectivity index (χ4v) is 2.84. The molecule has 4 nitrogen and oxygen atoms in total. The number of nitrogens with one attached hydrogen (secondary N) is 1. The monoisotopic (exact) mass is 248 g/mol. The highest BCUT2D eigenvalue weighted by Crippen LogP contribution is 2.36. The van der Waals surface area contributed by atoms with E-state index in [1.165, 1.54) is 45.2 Å². The molecule has 0 spiro atoms. The number of hydrogen-bond donors (Lipinski definition) is 1. The van der Waals surface area contributed by atoms with Crippen LogP contribution in [0.4, 0.5) is 5.95 Å². The maximum atomic E-state index is 4.42. The molecule has 0 bridgehead atoms. The van der Waals surface area contributed by atoms with Gasteiger partial charge in [0, 0.05) is 25.0 Å². The van der Waals surface area contributed by atoms with Crippen molar-refractivity contribution in [1.29, 1.82) is 0 Å². The Kier molecular flexibility index (Phi) is 3.55. The third kappa shape index (κ3) is 2.86. The Bertz CT molecular complexity index is 375. The van der Waals surface area contributed by atoms with Crippen molar-refractivity contribution in [3.63, 3.8) is 0 Å². The third-order valence-corrected chi connectivity index (χ3v) is 4.28. The standard InChI is InChI=1S/C14H24N4/c1-17-9-5-12(6-10-17)4-7-15-14-16-8-11-18(14)13-2-3-13/h8,11-13H,2-7,9-10H2,1H3,(H,15,16). The molecule has 2 heterocycles. The summed E-state index contributed by atoms with van der Waals surface area (Å²) in [5, 5.41) is 3.51. The summed E-state index contributed by atoms with van der Waals surface area (Å²) >= 11 is 0. The van der Waals surface area contributed by atoms with Crippen LogP contribution in [-0.4, -0.2) is 41.1 Å². The summed E-state index contributed by atoms with van der Waals surface area (Å²) in [7, 11) is 2.22. The lowest BCUT2D eigenvalue weighted by molar-refractivity contribution is 0.215. The number of likely N-dealkylation sites (tertiary alicyclic amines) is 1. The van der Waals surface area contributed by atoms with E-state index in [4.69, 9.17) is 0 Å². The van der Waals surface area contributed by atoms with Crippen LogP contribution in [0.1, 0.15) is 38.1 Å². The zero-order chi connectivity index (χ0) is 12.4. The lowest BCUT2D eigenvalue weighted by Crippen LogP contribution is -2.31. The van der Waals surface area contributed by atoms with Gasteiger partial charge in [0.2, 0.25) is 5.95 Å². The predicted molar refractivity (Wildman–Crippen MR) is 73.8 cm³/mol. The van der Waals surface area contributed by atoms with E-state index in [-0.39, 0.29) is 0 Å². The molecule has 0 unspecified atom stereocenters. The van der Waals surface area contributed by atoms with Crippen LogP contribution in [0.3, 0.4) is 0 Å². The third-order valence-electron chi connectivity index (χ3n) is 4.28. The van der Waals surface area contributed by atoms with Gasteiger partial charge in [-0.1, -0.05) is 0 Å². The van der Waals surface area contributed by atoms with E-state index in [1.54, 1.807) is 0 Å². The normalized spacial score (nSPS) is 22.3. The molecule has 1 aliphatic heterocycles. The first-order chi connectivity index (χ1) is 8.83. The summed E-state index contributed by atoms with van der Waals surface area (Å²) in [5.41, 5.74) is 0. The zero-order valence-electron chi connectivity index (χ0n) is 11.3. The van der Waals surface area contributed by atoms with E-state index >= 15 is 0 Å². The average Bonchev–Trinajstić information content (AvgIpc) is 3.12. The summed E-state index contributed by atoms with van der Waals surface area (Å²) in [6.07, 6.45) is 10.7. The van der Waals surface area contributed by atoms with E-state index < -0.39 is 0 Å². The molecular formula is C14H24N4. The molecule has 1 saturated carbocycles. The lowest BCUT2D eigenvalue weighted by Gasteiger charge is -2.28. The molecule has 1 N–H and O–H groups in total. The lowest BCUT2D eigenvalue weighted by atomic mass is 9.94. The van der Waals surface area contributed by atoms with Gasteiger partial charge in [-0.25, -0.2) is 4.98 Å². The maximum Gasteiger partial charge on any atom is 0.203 e. The number of imidazole rings is 1. The summed E-state index contributed by atoms with van der Waals surface area (Å²) < 4.78 is 2.30. The van der Waals surface area contributed by atoms with Gasteiger partial charge in [0.1, 0.15) is 0 Å². The second-order valence-corrected chi connectivity index (χ2v) is 5.85. The minimum atomic E-state index is 0.721. The van der Waals surface area contributed by atoms with Gasteiger partial charge in [-0.2, -0.15) is 0 Å². The quantitative estimate of drug-likeness (QED) is 0.868. The second-order valence-electron chi connectivity index (χ2n) is 5.85. The van der Waals surface area contributed by atoms with Crippen molar-refractivity contribution in [2.75, 3.05) is 32.0 Å². The number of hydrogen-bond acceptors (Lipinski definition) is 3. The average molecular weight is 248 g/mol. The fourth-order valence-electron chi connectivity index (χ4n) is 2.84. The van der Waals surface area contributed by atoms with Crippen LogP contribution in [-0.2, 0) is 0 Å². The maximum absolute atomic E-state index is 4.42. The molecular weight excluding hydrogens is 224 g/mol. The minimum absolute atomic E-state index is 0.721. The zero-order valence-corrected chi connectivity index (χ0v) is 11.3. The molecule has 0 radical (unpaired) electrons. The Morgan fingerprint density at radius 1 is 1.28 bits per heavy atom. The van der Waals surface area contributed by atoms with Crippen molar-refractivity contribution in [3.8, 4) is 0 Å². The topological polar surface area (TPSA) is 33.1 Å². The van der Waals surface area contributed by atoms with Crippen LogP contribution in [0.2, 0.25) is 0 Å². The van der Waals surface area contributed by atoms with Crippen molar-refractivity contribution < 1.29 is 0 Å². The first kappa shape index (κ1) is 12.0. The van der Waals surface area contributed by atoms with Gasteiger partial charge >= 0.3 is 0 Å². The van der Waals surface area contributed by atoms with Gasteiger partial charge < -0.3 is 14.8 Å². The van der Waals surface area contributed by atoms with E-state index in [0.717, 1.165) is 24.5 Å².